The molecule has 12 heteroatoms. The number of halogens is 1. The Hall–Kier alpha value is -2.73. The number of benzene rings is 1. The summed E-state index contributed by atoms with van der Waals surface area (Å²) in [5.41, 5.74) is 0.653. The van der Waals surface area contributed by atoms with Crippen LogP contribution in [0.1, 0.15) is 16.8 Å². The summed E-state index contributed by atoms with van der Waals surface area (Å²) in [5.74, 6) is -0.197. The van der Waals surface area contributed by atoms with Crippen molar-refractivity contribution in [3.63, 3.8) is 0 Å². The Morgan fingerprint density at radius 1 is 1.26 bits per heavy atom. The number of nitrogens with one attached hydrogen (secondary N) is 2. The zero-order valence-corrected chi connectivity index (χ0v) is 18.3. The van der Waals surface area contributed by atoms with Crippen LogP contribution >= 0.6 is 22.9 Å². The van der Waals surface area contributed by atoms with E-state index in [1.54, 1.807) is 5.38 Å². The third-order valence-electron chi connectivity index (χ3n) is 4.31. The molecule has 1 unspecified atom stereocenters. The summed E-state index contributed by atoms with van der Waals surface area (Å²) < 4.78 is 38.1. The van der Waals surface area contributed by atoms with Crippen LogP contribution in [0.2, 0.25) is 5.02 Å². The van der Waals surface area contributed by atoms with E-state index in [-0.39, 0.29) is 32.6 Å². The predicted octanol–water partition coefficient (Wildman–Crippen LogP) is 3.41. The maximum absolute atomic E-state index is 12.5. The monoisotopic (exact) mass is 480 g/mol. The van der Waals surface area contributed by atoms with Crippen molar-refractivity contribution in [3.05, 3.63) is 58.7 Å². The summed E-state index contributed by atoms with van der Waals surface area (Å²) in [6.07, 6.45) is 3.52. The van der Waals surface area contributed by atoms with Crippen molar-refractivity contribution in [2.24, 2.45) is 0 Å². The molecule has 1 aliphatic heterocycles. The van der Waals surface area contributed by atoms with E-state index in [2.05, 4.69) is 20.0 Å². The zero-order valence-electron chi connectivity index (χ0n) is 15.9. The summed E-state index contributed by atoms with van der Waals surface area (Å²) in [6, 6.07) is 7.21. The van der Waals surface area contributed by atoms with Crippen LogP contribution in [-0.2, 0) is 14.8 Å². The van der Waals surface area contributed by atoms with E-state index in [1.807, 2.05) is 0 Å². The van der Waals surface area contributed by atoms with E-state index in [9.17, 15) is 13.2 Å². The number of nitrogens with zero attached hydrogens (tertiary/aromatic N) is 2. The molecule has 0 spiro atoms. The summed E-state index contributed by atoms with van der Waals surface area (Å²) in [5, 5.41) is 4.83. The summed E-state index contributed by atoms with van der Waals surface area (Å²) in [6.45, 7) is 1.11. The van der Waals surface area contributed by atoms with Gasteiger partial charge in [-0.3, -0.25) is 9.52 Å². The molecule has 0 saturated carbocycles. The van der Waals surface area contributed by atoms with Crippen LogP contribution in [-0.4, -0.2) is 43.6 Å². The van der Waals surface area contributed by atoms with Crippen molar-refractivity contribution in [2.45, 2.75) is 17.4 Å². The van der Waals surface area contributed by atoms with Crippen LogP contribution in [0, 0.1) is 0 Å². The van der Waals surface area contributed by atoms with Gasteiger partial charge in [0.2, 0.25) is 5.88 Å². The van der Waals surface area contributed by atoms with Crippen molar-refractivity contribution in [3.8, 4) is 5.88 Å². The third-order valence-corrected chi connectivity index (χ3v) is 6.76. The second kappa shape index (κ2) is 9.18. The first kappa shape index (κ1) is 21.5. The number of ether oxygens (including phenoxy) is 2. The highest BCUT2D eigenvalue weighted by atomic mass is 35.5. The van der Waals surface area contributed by atoms with Gasteiger partial charge in [0, 0.05) is 29.9 Å². The van der Waals surface area contributed by atoms with E-state index < -0.39 is 15.9 Å². The highest BCUT2D eigenvalue weighted by molar-refractivity contribution is 7.93. The molecular formula is C19H17ClN4O5S2. The first-order valence-electron chi connectivity index (χ1n) is 9.14. The van der Waals surface area contributed by atoms with E-state index in [4.69, 9.17) is 21.1 Å². The van der Waals surface area contributed by atoms with Crippen molar-refractivity contribution < 1.29 is 22.7 Å². The minimum absolute atomic E-state index is 0.0443. The molecule has 3 aromatic rings. The van der Waals surface area contributed by atoms with Crippen LogP contribution in [0.4, 0.5) is 10.8 Å². The fourth-order valence-electron chi connectivity index (χ4n) is 2.77. The Bertz CT molecular complexity index is 1160. The minimum Gasteiger partial charge on any atom is -0.471 e. The molecule has 2 N–H and O–H groups in total. The van der Waals surface area contributed by atoms with Gasteiger partial charge >= 0.3 is 0 Å². The first-order valence-corrected chi connectivity index (χ1v) is 11.9. The maximum Gasteiger partial charge on any atom is 0.263 e. The number of amides is 1. The normalized spacial score (nSPS) is 16.1. The topological polar surface area (TPSA) is 120 Å². The fourth-order valence-corrected chi connectivity index (χ4v) is 4.77. The fraction of sp³-hybridized carbons (Fsp3) is 0.211. The summed E-state index contributed by atoms with van der Waals surface area (Å²) in [7, 11) is -3.77. The van der Waals surface area contributed by atoms with E-state index in [1.165, 1.54) is 54.1 Å². The van der Waals surface area contributed by atoms with Crippen molar-refractivity contribution in [2.75, 3.05) is 23.3 Å². The second-order valence-corrected chi connectivity index (χ2v) is 9.52. The van der Waals surface area contributed by atoms with Crippen LogP contribution in [0.5, 0.6) is 5.88 Å². The molecule has 1 fully saturated rings. The Balaban J connectivity index is 1.40. The lowest BCUT2D eigenvalue weighted by molar-refractivity contribution is 0.102. The highest BCUT2D eigenvalue weighted by Crippen LogP contribution is 2.26. The van der Waals surface area contributed by atoms with E-state index in [0.29, 0.717) is 18.9 Å². The van der Waals surface area contributed by atoms with E-state index in [0.717, 1.165) is 6.42 Å². The van der Waals surface area contributed by atoms with Gasteiger partial charge in [-0.1, -0.05) is 11.6 Å². The summed E-state index contributed by atoms with van der Waals surface area (Å²) >= 11 is 7.37. The quantitative estimate of drug-likeness (QED) is 0.531. The van der Waals surface area contributed by atoms with Gasteiger partial charge in [-0.15, -0.1) is 11.3 Å². The van der Waals surface area contributed by atoms with Crippen molar-refractivity contribution in [1.82, 2.24) is 9.97 Å². The average Bonchev–Trinajstić information content (AvgIpc) is 3.44. The lowest BCUT2D eigenvalue weighted by atomic mass is 10.2. The van der Waals surface area contributed by atoms with Crippen LogP contribution in [0.3, 0.4) is 0 Å². The van der Waals surface area contributed by atoms with Gasteiger partial charge in [0.15, 0.2) is 5.13 Å². The van der Waals surface area contributed by atoms with Crippen molar-refractivity contribution >= 4 is 49.7 Å². The molecule has 1 aromatic carbocycles. The molecular weight excluding hydrogens is 464 g/mol. The molecule has 9 nitrogen and oxygen atoms in total. The van der Waals surface area contributed by atoms with Gasteiger partial charge < -0.3 is 14.8 Å². The van der Waals surface area contributed by atoms with Gasteiger partial charge in [0.05, 0.1) is 23.7 Å². The SMILES string of the molecule is O=C(Nc1ccc(S(=O)(=O)Nc2nccs2)cc1)c1cnc(OC2CCOC2)c(Cl)c1. The number of carbonyl (C=O) groups is 1. The van der Waals surface area contributed by atoms with Gasteiger partial charge in [0.1, 0.15) is 11.1 Å². The molecule has 4 rings (SSSR count). The number of pyridine rings is 1. The minimum atomic E-state index is -3.77. The molecule has 0 bridgehead atoms. The predicted molar refractivity (Wildman–Crippen MR) is 116 cm³/mol. The van der Waals surface area contributed by atoms with Crippen LogP contribution in [0.15, 0.2) is 53.0 Å². The molecule has 0 radical (unpaired) electrons. The third kappa shape index (κ3) is 5.31. The standard InChI is InChI=1S/C19H17ClN4O5S2/c20-16-9-12(10-22-18(16)29-14-5-7-28-11-14)17(25)23-13-1-3-15(4-2-13)31(26,27)24-19-21-6-8-30-19/h1-4,6,8-10,14H,5,7,11H2,(H,21,24)(H,23,25). The molecule has 0 aliphatic carbocycles. The molecule has 1 atom stereocenters. The van der Waals surface area contributed by atoms with Gasteiger partial charge in [-0.2, -0.15) is 0 Å². The molecule has 3 heterocycles. The molecule has 2 aromatic heterocycles. The van der Waals surface area contributed by atoms with E-state index >= 15 is 0 Å². The lowest BCUT2D eigenvalue weighted by Crippen LogP contribution is -2.17. The van der Waals surface area contributed by atoms with Crippen molar-refractivity contribution in [1.29, 1.82) is 0 Å². The number of carbonyl (C=O) groups excluding carboxylic acids is 1. The molecule has 162 valence electrons. The first-order chi connectivity index (χ1) is 14.9. The van der Waals surface area contributed by atoms with Gasteiger partial charge in [-0.05, 0) is 30.3 Å². The number of thiazole rings is 1. The number of hydrogen-bond donors (Lipinski definition) is 2. The lowest BCUT2D eigenvalue weighted by Gasteiger charge is -2.13. The van der Waals surface area contributed by atoms with Crippen LogP contribution in [0.25, 0.3) is 0 Å². The maximum atomic E-state index is 12.5. The molecule has 1 saturated heterocycles. The number of aromatic nitrogens is 2. The number of sulfonamides is 1. The van der Waals surface area contributed by atoms with Crippen LogP contribution < -0.4 is 14.8 Å². The number of hydrogen-bond acceptors (Lipinski definition) is 8. The van der Waals surface area contributed by atoms with Gasteiger partial charge in [0.25, 0.3) is 15.9 Å². The summed E-state index contributed by atoms with van der Waals surface area (Å²) in [4.78, 5) is 20.6. The zero-order chi connectivity index (χ0) is 21.8. The van der Waals surface area contributed by atoms with Gasteiger partial charge in [-0.25, -0.2) is 18.4 Å². The molecule has 1 amide bonds. The Kier molecular flexibility index (Phi) is 6.37. The smallest absolute Gasteiger partial charge is 0.263 e. The highest BCUT2D eigenvalue weighted by Gasteiger charge is 2.20. The largest absolute Gasteiger partial charge is 0.471 e. The second-order valence-electron chi connectivity index (χ2n) is 6.54. The number of rotatable bonds is 7. The average molecular weight is 481 g/mol. The molecule has 31 heavy (non-hydrogen) atoms. The Morgan fingerprint density at radius 3 is 2.71 bits per heavy atom. The number of anilines is 2. The Morgan fingerprint density at radius 2 is 2.06 bits per heavy atom. The molecule has 1 aliphatic rings. The Labute approximate surface area is 187 Å².